The van der Waals surface area contributed by atoms with Crippen molar-refractivity contribution in [3.05, 3.63) is 11.6 Å². The Morgan fingerprint density at radius 1 is 1.26 bits per heavy atom. The van der Waals surface area contributed by atoms with E-state index in [-0.39, 0.29) is 18.1 Å². The van der Waals surface area contributed by atoms with Gasteiger partial charge < -0.3 is 4.74 Å². The highest BCUT2D eigenvalue weighted by Gasteiger charge is 2.30. The van der Waals surface area contributed by atoms with Crippen LogP contribution in [0.4, 0.5) is 0 Å². The number of nitrogens with one attached hydrogen (secondary N) is 1. The van der Waals surface area contributed by atoms with Gasteiger partial charge in [0.25, 0.3) is 0 Å². The predicted molar refractivity (Wildman–Crippen MR) is 79.0 cm³/mol. The first-order chi connectivity index (χ1) is 8.97. The number of methoxy groups -OCH3 is 1. The fourth-order valence-corrected chi connectivity index (χ4v) is 2.43. The van der Waals surface area contributed by atoms with Crippen molar-refractivity contribution in [2.24, 2.45) is 11.8 Å². The first-order valence-corrected chi connectivity index (χ1v) is 7.49. The minimum absolute atomic E-state index is 0.0978. The van der Waals surface area contributed by atoms with Gasteiger partial charge in [-0.15, -0.1) is 0 Å². The Bertz CT molecular complexity index is 323. The van der Waals surface area contributed by atoms with E-state index in [1.54, 1.807) is 7.11 Å². The van der Waals surface area contributed by atoms with Gasteiger partial charge in [-0.2, -0.15) is 0 Å². The number of ketones is 1. The number of carbonyl (C=O) groups excluding carboxylic acids is 1. The first kappa shape index (κ1) is 16.4. The maximum Gasteiger partial charge on any atom is 0.175 e. The molecule has 0 bridgehead atoms. The van der Waals surface area contributed by atoms with Crippen molar-refractivity contribution in [2.75, 3.05) is 7.11 Å². The van der Waals surface area contributed by atoms with Crippen molar-refractivity contribution in [3.63, 3.8) is 0 Å². The SMILES string of the molecule is COC(C)NC(C(=O)C1=CCCCC1)C(C)C(C)C. The van der Waals surface area contributed by atoms with E-state index in [1.165, 1.54) is 6.42 Å². The lowest BCUT2D eigenvalue weighted by molar-refractivity contribution is -0.120. The van der Waals surface area contributed by atoms with Crippen LogP contribution >= 0.6 is 0 Å². The van der Waals surface area contributed by atoms with E-state index in [4.69, 9.17) is 4.74 Å². The van der Waals surface area contributed by atoms with Crippen LogP contribution in [0, 0.1) is 11.8 Å². The topological polar surface area (TPSA) is 38.3 Å². The molecule has 0 fully saturated rings. The Hall–Kier alpha value is -0.670. The Balaban J connectivity index is 2.82. The van der Waals surface area contributed by atoms with Crippen molar-refractivity contribution in [1.82, 2.24) is 5.32 Å². The lowest BCUT2D eigenvalue weighted by atomic mass is 9.83. The molecule has 0 heterocycles. The van der Waals surface area contributed by atoms with Gasteiger partial charge in [0.2, 0.25) is 0 Å². The van der Waals surface area contributed by atoms with Crippen LogP contribution < -0.4 is 5.32 Å². The van der Waals surface area contributed by atoms with Gasteiger partial charge in [-0.3, -0.25) is 10.1 Å². The van der Waals surface area contributed by atoms with Crippen LogP contribution in [0.5, 0.6) is 0 Å². The van der Waals surface area contributed by atoms with Crippen LogP contribution in [0.25, 0.3) is 0 Å². The molecule has 110 valence electrons. The van der Waals surface area contributed by atoms with Crippen LogP contribution in [-0.2, 0) is 9.53 Å². The number of Topliss-reactive ketones (excluding diaryl/α,β-unsaturated/α-hetero) is 1. The Morgan fingerprint density at radius 2 is 1.95 bits per heavy atom. The second-order valence-corrected chi connectivity index (χ2v) is 5.96. The molecular weight excluding hydrogens is 238 g/mol. The van der Waals surface area contributed by atoms with Crippen LogP contribution in [-0.4, -0.2) is 25.2 Å². The number of ether oxygens (including phenoxy) is 1. The van der Waals surface area contributed by atoms with E-state index < -0.39 is 0 Å². The summed E-state index contributed by atoms with van der Waals surface area (Å²) in [5, 5.41) is 3.33. The molecule has 0 aliphatic heterocycles. The van der Waals surface area contributed by atoms with Crippen LogP contribution in [0.2, 0.25) is 0 Å². The molecule has 3 heteroatoms. The average molecular weight is 267 g/mol. The third-order valence-corrected chi connectivity index (χ3v) is 4.24. The number of hydrogen-bond acceptors (Lipinski definition) is 3. The average Bonchev–Trinajstić information content (AvgIpc) is 2.43. The smallest absolute Gasteiger partial charge is 0.175 e. The zero-order chi connectivity index (χ0) is 14.4. The molecule has 0 radical (unpaired) electrons. The van der Waals surface area contributed by atoms with Crippen LogP contribution in [0.3, 0.4) is 0 Å². The molecule has 0 aromatic carbocycles. The lowest BCUT2D eigenvalue weighted by Crippen LogP contribution is -2.48. The molecular formula is C16H29NO2. The summed E-state index contributed by atoms with van der Waals surface area (Å²) in [7, 11) is 1.67. The maximum absolute atomic E-state index is 12.7. The van der Waals surface area contributed by atoms with Gasteiger partial charge in [-0.05, 0) is 50.0 Å². The summed E-state index contributed by atoms with van der Waals surface area (Å²) in [4.78, 5) is 12.7. The lowest BCUT2D eigenvalue weighted by Gasteiger charge is -2.30. The van der Waals surface area contributed by atoms with E-state index in [1.807, 2.05) is 6.92 Å². The zero-order valence-electron chi connectivity index (χ0n) is 13.0. The highest BCUT2D eigenvalue weighted by atomic mass is 16.5. The van der Waals surface area contributed by atoms with Gasteiger partial charge >= 0.3 is 0 Å². The molecule has 19 heavy (non-hydrogen) atoms. The summed E-state index contributed by atoms with van der Waals surface area (Å²) in [6, 6.07) is -0.140. The Labute approximate surface area is 117 Å². The third-order valence-electron chi connectivity index (χ3n) is 4.24. The van der Waals surface area contributed by atoms with Gasteiger partial charge in [0, 0.05) is 7.11 Å². The number of hydrogen-bond donors (Lipinski definition) is 1. The molecule has 1 rings (SSSR count). The molecule has 0 saturated carbocycles. The van der Waals surface area contributed by atoms with E-state index in [0.717, 1.165) is 24.8 Å². The standard InChI is InChI=1S/C16H29NO2/c1-11(2)12(3)15(17-13(4)19-5)16(18)14-9-7-6-8-10-14/h9,11-13,15,17H,6-8,10H2,1-5H3. The molecule has 3 unspecified atom stereocenters. The van der Waals surface area contributed by atoms with E-state index in [2.05, 4.69) is 32.2 Å². The second kappa shape index (κ2) is 7.81. The van der Waals surface area contributed by atoms with Gasteiger partial charge in [0.1, 0.15) is 6.23 Å². The van der Waals surface area contributed by atoms with E-state index in [9.17, 15) is 4.79 Å². The monoisotopic (exact) mass is 267 g/mol. The first-order valence-electron chi connectivity index (χ1n) is 7.49. The highest BCUT2D eigenvalue weighted by Crippen LogP contribution is 2.24. The molecule has 3 nitrogen and oxygen atoms in total. The Morgan fingerprint density at radius 3 is 2.42 bits per heavy atom. The number of carbonyl (C=O) groups is 1. The zero-order valence-corrected chi connectivity index (χ0v) is 13.0. The van der Waals surface area contributed by atoms with E-state index >= 15 is 0 Å². The molecule has 1 aliphatic rings. The van der Waals surface area contributed by atoms with Crippen molar-refractivity contribution >= 4 is 5.78 Å². The number of rotatable bonds is 7. The van der Waals surface area contributed by atoms with Crippen LogP contribution in [0.1, 0.15) is 53.4 Å². The van der Waals surface area contributed by atoms with E-state index in [0.29, 0.717) is 11.8 Å². The molecule has 1 aliphatic carbocycles. The van der Waals surface area contributed by atoms with Crippen LogP contribution in [0.15, 0.2) is 11.6 Å². The van der Waals surface area contributed by atoms with Gasteiger partial charge in [-0.1, -0.05) is 26.8 Å². The van der Waals surface area contributed by atoms with Crippen molar-refractivity contribution in [3.8, 4) is 0 Å². The molecule has 0 saturated heterocycles. The fourth-order valence-electron chi connectivity index (χ4n) is 2.43. The fraction of sp³-hybridized carbons (Fsp3) is 0.812. The predicted octanol–water partition coefficient (Wildman–Crippen LogP) is 3.30. The van der Waals surface area contributed by atoms with Gasteiger partial charge in [0.15, 0.2) is 5.78 Å². The summed E-state index contributed by atoms with van der Waals surface area (Å²) in [5.41, 5.74) is 1.01. The minimum atomic E-state index is -0.140. The molecule has 3 atom stereocenters. The summed E-state index contributed by atoms with van der Waals surface area (Å²) in [6.45, 7) is 8.42. The van der Waals surface area contributed by atoms with Crippen molar-refractivity contribution in [1.29, 1.82) is 0 Å². The second-order valence-electron chi connectivity index (χ2n) is 5.96. The molecule has 0 aromatic heterocycles. The summed E-state index contributed by atoms with van der Waals surface area (Å²) < 4.78 is 5.27. The van der Waals surface area contributed by atoms with Gasteiger partial charge in [-0.25, -0.2) is 0 Å². The quantitative estimate of drug-likeness (QED) is 0.719. The maximum atomic E-state index is 12.7. The van der Waals surface area contributed by atoms with Crippen molar-refractivity contribution in [2.45, 2.75) is 65.6 Å². The largest absolute Gasteiger partial charge is 0.367 e. The summed E-state index contributed by atoms with van der Waals surface area (Å²) in [5.74, 6) is 1.03. The molecule has 0 amide bonds. The minimum Gasteiger partial charge on any atom is -0.367 e. The molecule has 0 aromatic rings. The third kappa shape index (κ3) is 4.73. The number of allylic oxidation sites excluding steroid dienone is 1. The summed E-state index contributed by atoms with van der Waals surface area (Å²) >= 11 is 0. The van der Waals surface area contributed by atoms with Crippen molar-refractivity contribution < 1.29 is 9.53 Å². The summed E-state index contributed by atoms with van der Waals surface area (Å²) in [6.07, 6.45) is 6.36. The molecule has 0 spiro atoms. The highest BCUT2D eigenvalue weighted by molar-refractivity contribution is 5.99. The normalized spacial score (nSPS) is 20.8. The Kier molecular flexibility index (Phi) is 6.73. The molecule has 1 N–H and O–H groups in total. The van der Waals surface area contributed by atoms with Gasteiger partial charge in [0.05, 0.1) is 6.04 Å².